The largest absolute Gasteiger partial charge is 0.508 e. The van der Waals surface area contributed by atoms with Gasteiger partial charge in [0.05, 0.1) is 25.9 Å². The third-order valence-corrected chi connectivity index (χ3v) is 9.59. The Morgan fingerprint density at radius 1 is 0.913 bits per heavy atom. The summed E-state index contributed by atoms with van der Waals surface area (Å²) in [4.78, 5) is 0. The van der Waals surface area contributed by atoms with Crippen LogP contribution < -0.4 is 4.74 Å². The van der Waals surface area contributed by atoms with Crippen LogP contribution in [-0.2, 0) is 19.4 Å². The monoisotopic (exact) mass is 622 g/mol. The Labute approximate surface area is 272 Å². The van der Waals surface area contributed by atoms with Gasteiger partial charge in [0.25, 0.3) is 0 Å². The van der Waals surface area contributed by atoms with Crippen LogP contribution in [0.5, 0.6) is 17.2 Å². The van der Waals surface area contributed by atoms with E-state index < -0.39 is 12.2 Å². The molecule has 0 spiro atoms. The van der Waals surface area contributed by atoms with Gasteiger partial charge in [-0.1, -0.05) is 68.2 Å². The Balaban J connectivity index is 1.38. The summed E-state index contributed by atoms with van der Waals surface area (Å²) in [6, 6.07) is 22.7. The number of methoxy groups -OCH3 is 1. The first-order valence-corrected chi connectivity index (χ1v) is 16.4. The van der Waals surface area contributed by atoms with E-state index in [-0.39, 0.29) is 29.9 Å². The number of phenolic OH excluding ortho intramolecular Hbond substituents is 2. The predicted molar refractivity (Wildman–Crippen MR) is 183 cm³/mol. The number of aliphatic hydroxyl groups excluding tert-OH is 3. The van der Waals surface area contributed by atoms with Crippen LogP contribution in [0.2, 0.25) is 0 Å². The minimum absolute atomic E-state index is 0.0226. The van der Waals surface area contributed by atoms with E-state index in [4.69, 9.17) is 4.74 Å². The summed E-state index contributed by atoms with van der Waals surface area (Å²) < 4.78 is 5.67. The van der Waals surface area contributed by atoms with E-state index >= 15 is 0 Å². The van der Waals surface area contributed by atoms with Gasteiger partial charge in [-0.25, -0.2) is 0 Å². The first kappa shape index (κ1) is 33.3. The molecule has 0 heterocycles. The summed E-state index contributed by atoms with van der Waals surface area (Å²) in [5, 5.41) is 55.3. The van der Waals surface area contributed by atoms with Gasteiger partial charge in [-0.05, 0) is 101 Å². The molecular formula is C40H46O6. The molecule has 0 saturated carbocycles. The highest BCUT2D eigenvalue weighted by Crippen LogP contribution is 2.43. The lowest BCUT2D eigenvalue weighted by molar-refractivity contribution is 0.00553. The highest BCUT2D eigenvalue weighted by atomic mass is 16.5. The number of rotatable bonds is 10. The number of ether oxygens (including phenoxy) is 1. The molecule has 46 heavy (non-hydrogen) atoms. The van der Waals surface area contributed by atoms with Gasteiger partial charge in [0.2, 0.25) is 0 Å². The molecule has 0 fully saturated rings. The number of aromatic hydroxyl groups is 2. The maximum absolute atomic E-state index is 11.5. The topological polar surface area (TPSA) is 110 Å². The van der Waals surface area contributed by atoms with E-state index in [0.717, 1.165) is 42.0 Å². The van der Waals surface area contributed by atoms with Crippen LogP contribution in [0.3, 0.4) is 0 Å². The van der Waals surface area contributed by atoms with E-state index in [1.165, 1.54) is 12.7 Å². The van der Waals surface area contributed by atoms with Crippen molar-refractivity contribution in [1.29, 1.82) is 0 Å². The average Bonchev–Trinajstić information content (AvgIpc) is 3.06. The molecule has 1 aliphatic carbocycles. The van der Waals surface area contributed by atoms with Crippen molar-refractivity contribution in [2.75, 3.05) is 7.11 Å². The highest BCUT2D eigenvalue weighted by Gasteiger charge is 2.28. The van der Waals surface area contributed by atoms with Crippen molar-refractivity contribution in [1.82, 2.24) is 0 Å². The van der Waals surface area contributed by atoms with Gasteiger partial charge >= 0.3 is 0 Å². The van der Waals surface area contributed by atoms with Crippen LogP contribution in [0.25, 0.3) is 21.9 Å². The zero-order valence-electron chi connectivity index (χ0n) is 26.8. The first-order valence-electron chi connectivity index (χ1n) is 16.4. The second-order valence-corrected chi connectivity index (χ2v) is 12.8. The molecule has 0 unspecified atom stereocenters. The van der Waals surface area contributed by atoms with Crippen LogP contribution >= 0.6 is 0 Å². The fourth-order valence-corrected chi connectivity index (χ4v) is 6.93. The molecule has 0 aliphatic heterocycles. The minimum atomic E-state index is -0.784. The molecule has 0 saturated heterocycles. The smallest absolute Gasteiger partial charge is 0.168 e. The summed E-state index contributed by atoms with van der Waals surface area (Å²) in [6.45, 7) is 2.02. The molecule has 5 atom stereocenters. The van der Waals surface area contributed by atoms with Gasteiger partial charge in [-0.15, -0.1) is 5.92 Å². The van der Waals surface area contributed by atoms with Gasteiger partial charge in [0, 0.05) is 23.8 Å². The Morgan fingerprint density at radius 3 is 2.46 bits per heavy atom. The van der Waals surface area contributed by atoms with Crippen molar-refractivity contribution in [2.24, 2.45) is 17.8 Å². The van der Waals surface area contributed by atoms with Crippen molar-refractivity contribution >= 4 is 10.8 Å². The molecule has 6 heteroatoms. The summed E-state index contributed by atoms with van der Waals surface area (Å²) in [5.74, 6) is 7.59. The Kier molecular flexibility index (Phi) is 11.2. The van der Waals surface area contributed by atoms with Crippen LogP contribution in [0.4, 0.5) is 0 Å². The van der Waals surface area contributed by atoms with E-state index in [1.54, 1.807) is 18.2 Å². The van der Waals surface area contributed by atoms with E-state index in [2.05, 4.69) is 43.0 Å². The zero-order valence-corrected chi connectivity index (χ0v) is 26.8. The molecule has 5 N–H and O–H groups in total. The summed E-state index contributed by atoms with van der Waals surface area (Å²) in [5.41, 5.74) is 4.14. The lowest BCUT2D eigenvalue weighted by atomic mass is 9.81. The number of hydrogen-bond acceptors (Lipinski definition) is 6. The fraction of sp³-hybridized carbons (Fsp3) is 0.400. The quantitative estimate of drug-likeness (QED) is 0.120. The van der Waals surface area contributed by atoms with E-state index in [1.807, 2.05) is 30.3 Å². The molecule has 0 bridgehead atoms. The van der Waals surface area contributed by atoms with Gasteiger partial charge in [0.1, 0.15) is 5.75 Å². The number of fused-ring (bicyclic) bond motifs is 1. The number of aliphatic hydroxyl groups is 3. The summed E-state index contributed by atoms with van der Waals surface area (Å²) in [6.07, 6.45) is 4.35. The second kappa shape index (κ2) is 15.5. The highest BCUT2D eigenvalue weighted by molar-refractivity contribution is 5.92. The maximum Gasteiger partial charge on any atom is 0.168 e. The molecular weight excluding hydrogens is 576 g/mol. The normalized spacial score (nSPS) is 20.0. The van der Waals surface area contributed by atoms with Crippen LogP contribution in [-0.4, -0.2) is 44.9 Å². The van der Waals surface area contributed by atoms with Gasteiger partial charge < -0.3 is 30.3 Å². The van der Waals surface area contributed by atoms with Crippen molar-refractivity contribution < 1.29 is 30.3 Å². The van der Waals surface area contributed by atoms with Gasteiger partial charge in [0.15, 0.2) is 11.5 Å². The molecule has 6 nitrogen and oxygen atoms in total. The number of phenols is 2. The molecule has 242 valence electrons. The van der Waals surface area contributed by atoms with Crippen molar-refractivity contribution in [3.8, 4) is 40.2 Å². The van der Waals surface area contributed by atoms with Gasteiger partial charge in [-0.3, -0.25) is 0 Å². The molecule has 0 radical (unpaired) electrons. The number of aryl methyl sites for hydroxylation is 1. The van der Waals surface area contributed by atoms with E-state index in [9.17, 15) is 25.5 Å². The van der Waals surface area contributed by atoms with Gasteiger partial charge in [-0.2, -0.15) is 0 Å². The predicted octanol–water partition coefficient (Wildman–Crippen LogP) is 7.15. The summed E-state index contributed by atoms with van der Waals surface area (Å²) in [7, 11) is 1.50. The SMILES string of the molecule is COc1c(O)ccc(CC[C@@H](O)[C@H]2CC#C[C@H]([C@H](C)Cc3ccccc3)CCCC[C@@H]2O)c1-c1cc2ccc(O)cc2cc1CO. The lowest BCUT2D eigenvalue weighted by Crippen LogP contribution is -2.32. The van der Waals surface area contributed by atoms with Crippen molar-refractivity contribution in [3.05, 3.63) is 89.5 Å². The molecule has 1 aliphatic rings. The Morgan fingerprint density at radius 2 is 1.70 bits per heavy atom. The molecule has 4 aromatic rings. The van der Waals surface area contributed by atoms with E-state index in [0.29, 0.717) is 54.0 Å². The Bertz CT molecular complexity index is 1670. The van der Waals surface area contributed by atoms with Crippen LogP contribution in [0.15, 0.2) is 72.8 Å². The average molecular weight is 623 g/mol. The zero-order chi connectivity index (χ0) is 32.6. The fourth-order valence-electron chi connectivity index (χ4n) is 6.93. The summed E-state index contributed by atoms with van der Waals surface area (Å²) >= 11 is 0. The third-order valence-electron chi connectivity index (χ3n) is 9.59. The third kappa shape index (κ3) is 7.85. The minimum Gasteiger partial charge on any atom is -0.508 e. The number of benzene rings is 4. The molecule has 0 amide bonds. The standard InChI is InChI=1S/C40H46O6/c1-26(21-27-9-4-3-5-10-27)28-11-6-7-14-36(43)34(13-8-12-28)37(44)19-16-29-17-20-38(45)40(46-2)39(29)35-24-30-15-18-33(42)23-31(30)22-32(35)25-41/h3-5,9-10,15,17-18,20,22-24,26,28,34,36-37,41-45H,6-7,11,13-14,16,19,21,25H2,1-2H3/t26-,28-,34+,36+,37-/m1/s1. The van der Waals surface area contributed by atoms with Crippen molar-refractivity contribution in [3.63, 3.8) is 0 Å². The first-order chi connectivity index (χ1) is 22.3. The molecule has 0 aromatic heterocycles. The Hall–Kier alpha value is -4.02. The maximum atomic E-state index is 11.5. The lowest BCUT2D eigenvalue weighted by Gasteiger charge is -2.28. The number of hydrogen-bond donors (Lipinski definition) is 5. The second-order valence-electron chi connectivity index (χ2n) is 12.8. The van der Waals surface area contributed by atoms with Crippen LogP contribution in [0.1, 0.15) is 62.1 Å². The van der Waals surface area contributed by atoms with Crippen LogP contribution in [0, 0.1) is 29.6 Å². The molecule has 4 aromatic carbocycles. The van der Waals surface area contributed by atoms with Crippen molar-refractivity contribution in [2.45, 2.75) is 77.1 Å². The molecule has 5 rings (SSSR count).